The van der Waals surface area contributed by atoms with E-state index in [9.17, 15) is 5.11 Å². The highest BCUT2D eigenvalue weighted by atomic mass is 16.5. The fraction of sp³-hybridized carbons (Fsp3) is 0.294. The van der Waals surface area contributed by atoms with E-state index in [4.69, 9.17) is 15.2 Å². The minimum Gasteiger partial charge on any atom is -0.508 e. The maximum absolute atomic E-state index is 9.47. The van der Waals surface area contributed by atoms with Crippen molar-refractivity contribution in [2.75, 3.05) is 7.11 Å². The molecule has 2 aromatic carbocycles. The number of rotatable bonds is 6. The summed E-state index contributed by atoms with van der Waals surface area (Å²) in [6.07, 6.45) is 0.735. The SMILES string of the molecule is COc1ccc(CC(C)N)c(OCc2cccc(O)c2)c1. The molecule has 0 amide bonds. The molecule has 3 N–H and O–H groups in total. The summed E-state index contributed by atoms with van der Waals surface area (Å²) in [5.41, 5.74) is 7.83. The lowest BCUT2D eigenvalue weighted by Gasteiger charge is -2.14. The van der Waals surface area contributed by atoms with Gasteiger partial charge < -0.3 is 20.3 Å². The van der Waals surface area contributed by atoms with Gasteiger partial charge in [0.15, 0.2) is 0 Å². The van der Waals surface area contributed by atoms with Crippen LogP contribution in [-0.4, -0.2) is 18.3 Å². The lowest BCUT2D eigenvalue weighted by Crippen LogP contribution is -2.18. The summed E-state index contributed by atoms with van der Waals surface area (Å²) in [4.78, 5) is 0. The van der Waals surface area contributed by atoms with E-state index in [2.05, 4.69) is 0 Å². The predicted octanol–water partition coefficient (Wildman–Crippen LogP) is 2.87. The number of benzene rings is 2. The molecule has 4 heteroatoms. The van der Waals surface area contributed by atoms with Crippen molar-refractivity contribution in [3.8, 4) is 17.2 Å². The summed E-state index contributed by atoms with van der Waals surface area (Å²) in [7, 11) is 1.62. The van der Waals surface area contributed by atoms with E-state index in [1.165, 1.54) is 0 Å². The second-order valence-corrected chi connectivity index (χ2v) is 5.11. The number of phenolic OH excluding ortho intramolecular Hbond substituents is 1. The van der Waals surface area contributed by atoms with Crippen LogP contribution in [0.15, 0.2) is 42.5 Å². The first-order valence-electron chi connectivity index (χ1n) is 6.91. The molecule has 0 saturated carbocycles. The Balaban J connectivity index is 2.16. The first kappa shape index (κ1) is 15.2. The summed E-state index contributed by atoms with van der Waals surface area (Å²) in [5.74, 6) is 1.74. The third kappa shape index (κ3) is 4.39. The third-order valence-electron chi connectivity index (χ3n) is 3.12. The molecule has 112 valence electrons. The van der Waals surface area contributed by atoms with Crippen LogP contribution in [0.3, 0.4) is 0 Å². The van der Waals surface area contributed by atoms with Crippen molar-refractivity contribution in [1.82, 2.24) is 0 Å². The lowest BCUT2D eigenvalue weighted by atomic mass is 10.1. The largest absolute Gasteiger partial charge is 0.508 e. The Morgan fingerprint density at radius 2 is 2.00 bits per heavy atom. The van der Waals surface area contributed by atoms with E-state index in [0.29, 0.717) is 6.61 Å². The van der Waals surface area contributed by atoms with E-state index in [0.717, 1.165) is 29.0 Å². The lowest BCUT2D eigenvalue weighted by molar-refractivity contribution is 0.299. The fourth-order valence-corrected chi connectivity index (χ4v) is 2.12. The smallest absolute Gasteiger partial charge is 0.126 e. The minimum atomic E-state index is 0.0570. The average Bonchev–Trinajstić information content (AvgIpc) is 2.46. The Morgan fingerprint density at radius 1 is 1.19 bits per heavy atom. The topological polar surface area (TPSA) is 64.7 Å². The Morgan fingerprint density at radius 3 is 2.67 bits per heavy atom. The molecule has 0 bridgehead atoms. The number of nitrogens with two attached hydrogens (primary N) is 1. The number of hydrogen-bond donors (Lipinski definition) is 2. The second kappa shape index (κ2) is 6.99. The van der Waals surface area contributed by atoms with Gasteiger partial charge >= 0.3 is 0 Å². The molecule has 0 spiro atoms. The van der Waals surface area contributed by atoms with E-state index < -0.39 is 0 Å². The van der Waals surface area contributed by atoms with Gasteiger partial charge in [-0.25, -0.2) is 0 Å². The Kier molecular flexibility index (Phi) is 5.06. The molecule has 0 heterocycles. The second-order valence-electron chi connectivity index (χ2n) is 5.11. The Bertz CT molecular complexity index is 596. The molecule has 21 heavy (non-hydrogen) atoms. The molecular formula is C17H21NO3. The van der Waals surface area contributed by atoms with Crippen LogP contribution in [0.25, 0.3) is 0 Å². The van der Waals surface area contributed by atoms with Crippen LogP contribution in [0.1, 0.15) is 18.1 Å². The summed E-state index contributed by atoms with van der Waals surface area (Å²) < 4.78 is 11.1. The molecule has 0 fully saturated rings. The zero-order valence-corrected chi connectivity index (χ0v) is 12.4. The van der Waals surface area contributed by atoms with E-state index in [-0.39, 0.29) is 11.8 Å². The number of ether oxygens (including phenoxy) is 2. The molecule has 2 aromatic rings. The first-order valence-corrected chi connectivity index (χ1v) is 6.91. The highest BCUT2D eigenvalue weighted by molar-refractivity contribution is 5.41. The molecule has 2 rings (SSSR count). The number of hydrogen-bond acceptors (Lipinski definition) is 4. The standard InChI is InChI=1S/C17H21NO3/c1-12(18)8-14-6-7-16(20-2)10-17(14)21-11-13-4-3-5-15(19)9-13/h3-7,9-10,12,19H,8,11,18H2,1-2H3. The number of methoxy groups -OCH3 is 1. The normalized spacial score (nSPS) is 12.0. The first-order chi connectivity index (χ1) is 10.1. The van der Waals surface area contributed by atoms with Gasteiger partial charge in [0.05, 0.1) is 7.11 Å². The van der Waals surface area contributed by atoms with Crippen molar-refractivity contribution in [1.29, 1.82) is 0 Å². The van der Waals surface area contributed by atoms with Gasteiger partial charge in [0.2, 0.25) is 0 Å². The van der Waals surface area contributed by atoms with Gasteiger partial charge in [0.1, 0.15) is 23.9 Å². The van der Waals surface area contributed by atoms with Gasteiger partial charge in [-0.05, 0) is 42.7 Å². The molecule has 0 aliphatic heterocycles. The van der Waals surface area contributed by atoms with E-state index >= 15 is 0 Å². The van der Waals surface area contributed by atoms with Gasteiger partial charge in [-0.2, -0.15) is 0 Å². The number of phenols is 1. The van der Waals surface area contributed by atoms with Gasteiger partial charge in [-0.1, -0.05) is 18.2 Å². The van der Waals surface area contributed by atoms with Crippen molar-refractivity contribution < 1.29 is 14.6 Å². The van der Waals surface area contributed by atoms with Gasteiger partial charge in [0.25, 0.3) is 0 Å². The summed E-state index contributed by atoms with van der Waals surface area (Å²) in [6, 6.07) is 12.8. The summed E-state index contributed by atoms with van der Waals surface area (Å²) in [6.45, 7) is 2.34. The zero-order valence-electron chi connectivity index (χ0n) is 12.4. The van der Waals surface area contributed by atoms with Crippen LogP contribution < -0.4 is 15.2 Å². The molecular weight excluding hydrogens is 266 g/mol. The summed E-state index contributed by atoms with van der Waals surface area (Å²) >= 11 is 0. The Hall–Kier alpha value is -2.20. The maximum atomic E-state index is 9.47. The molecule has 1 atom stereocenters. The van der Waals surface area contributed by atoms with Crippen LogP contribution in [0.2, 0.25) is 0 Å². The van der Waals surface area contributed by atoms with Crippen molar-refractivity contribution >= 4 is 0 Å². The molecule has 4 nitrogen and oxygen atoms in total. The van der Waals surface area contributed by atoms with Crippen molar-refractivity contribution in [2.45, 2.75) is 26.0 Å². The molecule has 0 aliphatic carbocycles. The van der Waals surface area contributed by atoms with Gasteiger partial charge in [-0.3, -0.25) is 0 Å². The Labute approximate surface area is 125 Å². The van der Waals surface area contributed by atoms with E-state index in [1.54, 1.807) is 25.3 Å². The maximum Gasteiger partial charge on any atom is 0.126 e. The molecule has 1 unspecified atom stereocenters. The fourth-order valence-electron chi connectivity index (χ4n) is 2.12. The zero-order chi connectivity index (χ0) is 15.2. The van der Waals surface area contributed by atoms with Crippen LogP contribution in [0.4, 0.5) is 0 Å². The van der Waals surface area contributed by atoms with Gasteiger partial charge in [0, 0.05) is 12.1 Å². The van der Waals surface area contributed by atoms with Crippen molar-refractivity contribution in [3.05, 3.63) is 53.6 Å². The molecule has 0 saturated heterocycles. The van der Waals surface area contributed by atoms with Crippen LogP contribution in [0.5, 0.6) is 17.2 Å². The van der Waals surface area contributed by atoms with Crippen LogP contribution in [0, 0.1) is 0 Å². The molecule has 0 radical (unpaired) electrons. The van der Waals surface area contributed by atoms with Gasteiger partial charge in [-0.15, -0.1) is 0 Å². The summed E-state index contributed by atoms with van der Waals surface area (Å²) in [5, 5.41) is 9.47. The van der Waals surface area contributed by atoms with Crippen molar-refractivity contribution in [2.24, 2.45) is 5.73 Å². The quantitative estimate of drug-likeness (QED) is 0.857. The number of aromatic hydroxyl groups is 1. The van der Waals surface area contributed by atoms with Crippen molar-refractivity contribution in [3.63, 3.8) is 0 Å². The molecule has 0 aromatic heterocycles. The molecule has 0 aliphatic rings. The van der Waals surface area contributed by atoms with E-state index in [1.807, 2.05) is 31.2 Å². The monoisotopic (exact) mass is 287 g/mol. The highest BCUT2D eigenvalue weighted by Crippen LogP contribution is 2.27. The predicted molar refractivity (Wildman–Crippen MR) is 82.8 cm³/mol. The highest BCUT2D eigenvalue weighted by Gasteiger charge is 2.08. The minimum absolute atomic E-state index is 0.0570. The average molecular weight is 287 g/mol. The van der Waals surface area contributed by atoms with Crippen LogP contribution in [-0.2, 0) is 13.0 Å². The van der Waals surface area contributed by atoms with Crippen LogP contribution >= 0.6 is 0 Å². The third-order valence-corrected chi connectivity index (χ3v) is 3.12.